The smallest absolute Gasteiger partial charge is 0.263 e. The SMILES string of the molecule is Cc1ccc(CSCCNC(=O)C2CCCN(C(=O)c3cccs3)C2)cc1. The van der Waals surface area contributed by atoms with Crippen LogP contribution >= 0.6 is 23.1 Å². The van der Waals surface area contributed by atoms with Gasteiger partial charge in [-0.1, -0.05) is 35.9 Å². The van der Waals surface area contributed by atoms with Gasteiger partial charge in [0, 0.05) is 31.1 Å². The number of carbonyl (C=O) groups excluding carboxylic acids is 2. The Morgan fingerprint density at radius 3 is 2.81 bits per heavy atom. The van der Waals surface area contributed by atoms with E-state index in [0.29, 0.717) is 13.1 Å². The van der Waals surface area contributed by atoms with E-state index in [2.05, 4.69) is 36.5 Å². The molecule has 1 aromatic heterocycles. The molecule has 1 aromatic carbocycles. The van der Waals surface area contributed by atoms with Gasteiger partial charge in [-0.15, -0.1) is 11.3 Å². The predicted molar refractivity (Wildman–Crippen MR) is 113 cm³/mol. The van der Waals surface area contributed by atoms with Crippen LogP contribution in [0.4, 0.5) is 0 Å². The number of nitrogens with zero attached hydrogens (tertiary/aromatic N) is 1. The summed E-state index contributed by atoms with van der Waals surface area (Å²) in [6.45, 7) is 4.03. The highest BCUT2D eigenvalue weighted by Gasteiger charge is 2.28. The molecule has 0 radical (unpaired) electrons. The number of piperidine rings is 1. The van der Waals surface area contributed by atoms with Crippen LogP contribution in [-0.4, -0.2) is 42.1 Å². The van der Waals surface area contributed by atoms with Crippen LogP contribution in [0.25, 0.3) is 0 Å². The molecule has 0 spiro atoms. The van der Waals surface area contributed by atoms with Gasteiger partial charge in [0.25, 0.3) is 5.91 Å². The molecular weight excluding hydrogens is 376 g/mol. The molecule has 4 nitrogen and oxygen atoms in total. The summed E-state index contributed by atoms with van der Waals surface area (Å²) in [6, 6.07) is 12.3. The third-order valence-corrected chi connectivity index (χ3v) is 6.63. The van der Waals surface area contributed by atoms with E-state index >= 15 is 0 Å². The van der Waals surface area contributed by atoms with Crippen molar-refractivity contribution < 1.29 is 9.59 Å². The molecule has 3 rings (SSSR count). The third kappa shape index (κ3) is 5.84. The zero-order chi connectivity index (χ0) is 19.1. The Hall–Kier alpha value is -1.79. The molecule has 0 aliphatic carbocycles. The number of carbonyl (C=O) groups is 2. The van der Waals surface area contributed by atoms with Crippen LogP contribution in [0.5, 0.6) is 0 Å². The second-order valence-electron chi connectivity index (χ2n) is 6.90. The van der Waals surface area contributed by atoms with E-state index in [1.54, 1.807) is 0 Å². The quantitative estimate of drug-likeness (QED) is 0.713. The van der Waals surface area contributed by atoms with Gasteiger partial charge >= 0.3 is 0 Å². The van der Waals surface area contributed by atoms with Crippen molar-refractivity contribution >= 4 is 34.9 Å². The Bertz CT molecular complexity index is 744. The summed E-state index contributed by atoms with van der Waals surface area (Å²) in [6.07, 6.45) is 1.74. The normalized spacial score (nSPS) is 16.9. The summed E-state index contributed by atoms with van der Waals surface area (Å²) < 4.78 is 0. The average Bonchev–Trinajstić information content (AvgIpc) is 3.23. The van der Waals surface area contributed by atoms with E-state index in [-0.39, 0.29) is 17.7 Å². The first-order valence-corrected chi connectivity index (χ1v) is 11.4. The first kappa shape index (κ1) is 20.0. The summed E-state index contributed by atoms with van der Waals surface area (Å²) in [4.78, 5) is 27.5. The van der Waals surface area contributed by atoms with Crippen molar-refractivity contribution in [3.05, 3.63) is 57.8 Å². The van der Waals surface area contributed by atoms with Crippen LogP contribution in [-0.2, 0) is 10.5 Å². The van der Waals surface area contributed by atoms with Gasteiger partial charge in [-0.25, -0.2) is 0 Å². The van der Waals surface area contributed by atoms with E-state index in [4.69, 9.17) is 0 Å². The number of amides is 2. The van der Waals surface area contributed by atoms with Crippen molar-refractivity contribution in [2.24, 2.45) is 5.92 Å². The minimum Gasteiger partial charge on any atom is -0.355 e. The molecule has 0 saturated carbocycles. The third-order valence-electron chi connectivity index (χ3n) is 4.75. The Morgan fingerprint density at radius 2 is 2.07 bits per heavy atom. The molecule has 2 heterocycles. The lowest BCUT2D eigenvalue weighted by Crippen LogP contribution is -2.45. The van der Waals surface area contributed by atoms with Crippen molar-refractivity contribution in [1.29, 1.82) is 0 Å². The molecular formula is C21H26N2O2S2. The summed E-state index contributed by atoms with van der Waals surface area (Å²) in [5, 5.41) is 4.96. The number of thioether (sulfide) groups is 1. The first-order chi connectivity index (χ1) is 13.1. The number of hydrogen-bond acceptors (Lipinski definition) is 4. The molecule has 1 saturated heterocycles. The first-order valence-electron chi connectivity index (χ1n) is 9.37. The van der Waals surface area contributed by atoms with Gasteiger partial charge < -0.3 is 10.2 Å². The van der Waals surface area contributed by atoms with Crippen LogP contribution in [0.1, 0.15) is 33.6 Å². The molecule has 1 aliphatic heterocycles. The lowest BCUT2D eigenvalue weighted by atomic mass is 9.97. The highest BCUT2D eigenvalue weighted by molar-refractivity contribution is 7.98. The molecule has 6 heteroatoms. The van der Waals surface area contributed by atoms with E-state index in [1.807, 2.05) is 34.2 Å². The second-order valence-corrected chi connectivity index (χ2v) is 8.95. The number of likely N-dealkylation sites (tertiary alicyclic amines) is 1. The molecule has 1 N–H and O–H groups in total. The van der Waals surface area contributed by atoms with Crippen molar-refractivity contribution in [3.8, 4) is 0 Å². The molecule has 144 valence electrons. The number of hydrogen-bond donors (Lipinski definition) is 1. The summed E-state index contributed by atoms with van der Waals surface area (Å²) in [5.74, 6) is 1.89. The highest BCUT2D eigenvalue weighted by atomic mass is 32.2. The van der Waals surface area contributed by atoms with E-state index in [0.717, 1.165) is 35.8 Å². The molecule has 0 bridgehead atoms. The van der Waals surface area contributed by atoms with Crippen molar-refractivity contribution in [1.82, 2.24) is 10.2 Å². The van der Waals surface area contributed by atoms with Crippen LogP contribution < -0.4 is 5.32 Å². The van der Waals surface area contributed by atoms with Crippen molar-refractivity contribution in [2.75, 3.05) is 25.4 Å². The van der Waals surface area contributed by atoms with Crippen molar-refractivity contribution in [2.45, 2.75) is 25.5 Å². The van der Waals surface area contributed by atoms with Gasteiger partial charge in [0.2, 0.25) is 5.91 Å². The number of rotatable bonds is 7. The van der Waals surface area contributed by atoms with Crippen LogP contribution in [0.3, 0.4) is 0 Å². The van der Waals surface area contributed by atoms with Gasteiger partial charge in [-0.3, -0.25) is 9.59 Å². The maximum atomic E-state index is 12.5. The lowest BCUT2D eigenvalue weighted by Gasteiger charge is -2.31. The Balaban J connectivity index is 1.37. The summed E-state index contributed by atoms with van der Waals surface area (Å²) in [7, 11) is 0. The predicted octanol–water partition coefficient (Wildman–Crippen LogP) is 3.96. The number of benzene rings is 1. The zero-order valence-corrected chi connectivity index (χ0v) is 17.3. The highest BCUT2D eigenvalue weighted by Crippen LogP contribution is 2.21. The Labute approximate surface area is 169 Å². The number of aryl methyl sites for hydroxylation is 1. The largest absolute Gasteiger partial charge is 0.355 e. The molecule has 2 aromatic rings. The molecule has 1 aliphatic rings. The van der Waals surface area contributed by atoms with Crippen molar-refractivity contribution in [3.63, 3.8) is 0 Å². The van der Waals surface area contributed by atoms with Crippen LogP contribution in [0.2, 0.25) is 0 Å². The Kier molecular flexibility index (Phi) is 7.35. The van der Waals surface area contributed by atoms with Crippen LogP contribution in [0, 0.1) is 12.8 Å². The minimum absolute atomic E-state index is 0.0520. The average molecular weight is 403 g/mol. The van der Waals surface area contributed by atoms with Gasteiger partial charge in [0.1, 0.15) is 0 Å². The standard InChI is InChI=1S/C21H26N2O2S2/c1-16-6-8-17(9-7-16)15-26-13-10-22-20(24)18-4-2-11-23(14-18)21(25)19-5-3-12-27-19/h3,5-9,12,18H,2,4,10-11,13-15H2,1H3,(H,22,24). The summed E-state index contributed by atoms with van der Waals surface area (Å²) in [5.41, 5.74) is 2.59. The monoisotopic (exact) mass is 402 g/mol. The molecule has 1 unspecified atom stereocenters. The van der Waals surface area contributed by atoms with E-state index in [9.17, 15) is 9.59 Å². The maximum absolute atomic E-state index is 12.5. The van der Waals surface area contributed by atoms with Gasteiger partial charge in [-0.05, 0) is 36.8 Å². The molecule has 2 amide bonds. The number of thiophene rings is 1. The zero-order valence-electron chi connectivity index (χ0n) is 15.6. The van der Waals surface area contributed by atoms with E-state index in [1.165, 1.54) is 22.5 Å². The minimum atomic E-state index is -0.0928. The fourth-order valence-electron chi connectivity index (χ4n) is 3.20. The lowest BCUT2D eigenvalue weighted by molar-refractivity contribution is -0.126. The van der Waals surface area contributed by atoms with Crippen LogP contribution in [0.15, 0.2) is 41.8 Å². The molecule has 27 heavy (non-hydrogen) atoms. The topological polar surface area (TPSA) is 49.4 Å². The second kappa shape index (κ2) is 9.95. The molecule has 1 fully saturated rings. The summed E-state index contributed by atoms with van der Waals surface area (Å²) >= 11 is 3.28. The van der Waals surface area contributed by atoms with Gasteiger partial charge in [-0.2, -0.15) is 11.8 Å². The Morgan fingerprint density at radius 1 is 1.26 bits per heavy atom. The fourth-order valence-corrected chi connectivity index (χ4v) is 4.71. The van der Waals surface area contributed by atoms with Gasteiger partial charge in [0.15, 0.2) is 0 Å². The molecule has 1 atom stereocenters. The van der Waals surface area contributed by atoms with E-state index < -0.39 is 0 Å². The van der Waals surface area contributed by atoms with Gasteiger partial charge in [0.05, 0.1) is 10.8 Å². The maximum Gasteiger partial charge on any atom is 0.263 e. The fraction of sp³-hybridized carbons (Fsp3) is 0.429. The number of nitrogens with one attached hydrogen (secondary N) is 1.